The third-order valence-electron chi connectivity index (χ3n) is 3.34. The SMILES string of the molecule is C[C@H](Sc1nc2c(N)ncnc2n1Cc1ccccc1)C(=O)O. The predicted octanol–water partition coefficient (Wildman–Crippen LogP) is 2.02. The Kier molecular flexibility index (Phi) is 4.16. The molecule has 118 valence electrons. The van der Waals surface area contributed by atoms with Crippen LogP contribution in [-0.4, -0.2) is 35.8 Å². The maximum absolute atomic E-state index is 11.1. The van der Waals surface area contributed by atoms with Gasteiger partial charge in [0.25, 0.3) is 0 Å². The summed E-state index contributed by atoms with van der Waals surface area (Å²) < 4.78 is 1.87. The maximum atomic E-state index is 11.1. The lowest BCUT2D eigenvalue weighted by molar-refractivity contribution is -0.136. The Morgan fingerprint density at radius 3 is 2.78 bits per heavy atom. The molecule has 8 heteroatoms. The quantitative estimate of drug-likeness (QED) is 0.690. The molecular formula is C15H15N5O2S. The zero-order valence-electron chi connectivity index (χ0n) is 12.4. The first-order valence-electron chi connectivity index (χ1n) is 6.96. The third-order valence-corrected chi connectivity index (χ3v) is 4.42. The number of carboxylic acids is 1. The summed E-state index contributed by atoms with van der Waals surface area (Å²) in [5, 5.41) is 9.07. The fourth-order valence-electron chi connectivity index (χ4n) is 2.14. The van der Waals surface area contributed by atoms with Crippen LogP contribution >= 0.6 is 11.8 Å². The van der Waals surface area contributed by atoms with Crippen LogP contribution in [0.25, 0.3) is 11.2 Å². The Morgan fingerprint density at radius 1 is 1.35 bits per heavy atom. The van der Waals surface area contributed by atoms with Gasteiger partial charge >= 0.3 is 5.97 Å². The van der Waals surface area contributed by atoms with Gasteiger partial charge in [0, 0.05) is 0 Å². The van der Waals surface area contributed by atoms with Crippen LogP contribution in [0.5, 0.6) is 0 Å². The summed E-state index contributed by atoms with van der Waals surface area (Å²) >= 11 is 1.16. The molecule has 0 unspecified atom stereocenters. The van der Waals surface area contributed by atoms with E-state index in [0.717, 1.165) is 17.3 Å². The number of nitrogens with zero attached hydrogens (tertiary/aromatic N) is 4. The van der Waals surface area contributed by atoms with E-state index in [0.29, 0.717) is 22.9 Å². The highest BCUT2D eigenvalue weighted by Crippen LogP contribution is 2.28. The molecule has 0 amide bonds. The van der Waals surface area contributed by atoms with Crippen molar-refractivity contribution in [3.05, 3.63) is 42.2 Å². The number of benzene rings is 1. The van der Waals surface area contributed by atoms with Crippen LogP contribution in [0, 0.1) is 0 Å². The summed E-state index contributed by atoms with van der Waals surface area (Å²) in [7, 11) is 0. The number of carbonyl (C=O) groups is 1. The highest BCUT2D eigenvalue weighted by atomic mass is 32.2. The van der Waals surface area contributed by atoms with Gasteiger partial charge in [-0.15, -0.1) is 0 Å². The number of aromatic nitrogens is 4. The second-order valence-electron chi connectivity index (χ2n) is 5.00. The van der Waals surface area contributed by atoms with Crippen molar-refractivity contribution in [1.29, 1.82) is 0 Å². The van der Waals surface area contributed by atoms with Gasteiger partial charge in [-0.1, -0.05) is 42.1 Å². The molecule has 0 radical (unpaired) electrons. The Bertz CT molecular complexity index is 850. The molecule has 0 aliphatic heterocycles. The monoisotopic (exact) mass is 329 g/mol. The average molecular weight is 329 g/mol. The largest absolute Gasteiger partial charge is 0.480 e. The Morgan fingerprint density at radius 2 is 2.09 bits per heavy atom. The molecule has 2 aromatic heterocycles. The molecule has 0 bridgehead atoms. The maximum Gasteiger partial charge on any atom is 0.316 e. The van der Waals surface area contributed by atoms with E-state index in [1.54, 1.807) is 6.92 Å². The Hall–Kier alpha value is -2.61. The first kappa shape index (κ1) is 15.3. The molecule has 0 spiro atoms. The number of rotatable bonds is 5. The van der Waals surface area contributed by atoms with E-state index in [1.807, 2.05) is 34.9 Å². The minimum atomic E-state index is -0.896. The Balaban J connectivity index is 2.08. The van der Waals surface area contributed by atoms with E-state index >= 15 is 0 Å². The molecule has 1 atom stereocenters. The van der Waals surface area contributed by atoms with E-state index in [4.69, 9.17) is 10.8 Å². The molecule has 1 aromatic carbocycles. The fraction of sp³-hybridized carbons (Fsp3) is 0.200. The summed E-state index contributed by atoms with van der Waals surface area (Å²) in [5.41, 5.74) is 8.02. The number of aliphatic carboxylic acids is 1. The molecule has 7 nitrogen and oxygen atoms in total. The van der Waals surface area contributed by atoms with Crippen LogP contribution in [0.4, 0.5) is 5.82 Å². The number of anilines is 1. The van der Waals surface area contributed by atoms with Gasteiger partial charge in [-0.05, 0) is 12.5 Å². The van der Waals surface area contributed by atoms with E-state index < -0.39 is 11.2 Å². The van der Waals surface area contributed by atoms with Gasteiger partial charge < -0.3 is 10.8 Å². The van der Waals surface area contributed by atoms with Crippen molar-refractivity contribution in [3.8, 4) is 0 Å². The van der Waals surface area contributed by atoms with Gasteiger partial charge in [0.2, 0.25) is 0 Å². The van der Waals surface area contributed by atoms with Crippen molar-refractivity contribution in [2.75, 3.05) is 5.73 Å². The molecule has 0 aliphatic rings. The van der Waals surface area contributed by atoms with Gasteiger partial charge in [-0.2, -0.15) is 0 Å². The molecule has 3 N–H and O–H groups in total. The number of hydrogen-bond donors (Lipinski definition) is 2. The first-order valence-corrected chi connectivity index (χ1v) is 7.84. The summed E-state index contributed by atoms with van der Waals surface area (Å²) in [4.78, 5) is 23.8. The summed E-state index contributed by atoms with van der Waals surface area (Å²) in [5.74, 6) is -0.612. The van der Waals surface area contributed by atoms with Crippen molar-refractivity contribution in [1.82, 2.24) is 19.5 Å². The number of nitrogens with two attached hydrogens (primary N) is 1. The van der Waals surface area contributed by atoms with E-state index in [9.17, 15) is 4.79 Å². The summed E-state index contributed by atoms with van der Waals surface area (Å²) in [6.07, 6.45) is 1.38. The van der Waals surface area contributed by atoms with E-state index in [-0.39, 0.29) is 5.82 Å². The smallest absolute Gasteiger partial charge is 0.316 e. The molecule has 0 aliphatic carbocycles. The van der Waals surface area contributed by atoms with Gasteiger partial charge in [0.1, 0.15) is 11.6 Å². The number of fused-ring (bicyclic) bond motifs is 1. The molecule has 0 saturated heterocycles. The van der Waals surface area contributed by atoms with Crippen molar-refractivity contribution < 1.29 is 9.90 Å². The first-order chi connectivity index (χ1) is 11.1. The minimum absolute atomic E-state index is 0.284. The number of imidazole rings is 1. The van der Waals surface area contributed by atoms with E-state index in [2.05, 4.69) is 15.0 Å². The average Bonchev–Trinajstić information content (AvgIpc) is 2.88. The van der Waals surface area contributed by atoms with Crippen molar-refractivity contribution in [2.24, 2.45) is 0 Å². The predicted molar refractivity (Wildman–Crippen MR) is 88.2 cm³/mol. The topological polar surface area (TPSA) is 107 Å². The molecule has 23 heavy (non-hydrogen) atoms. The van der Waals surface area contributed by atoms with Gasteiger partial charge in [0.05, 0.1) is 6.54 Å². The van der Waals surface area contributed by atoms with Gasteiger partial charge in [-0.3, -0.25) is 9.36 Å². The normalized spacial score (nSPS) is 12.4. The van der Waals surface area contributed by atoms with Crippen LogP contribution in [0.2, 0.25) is 0 Å². The van der Waals surface area contributed by atoms with Crippen molar-refractivity contribution in [2.45, 2.75) is 23.9 Å². The second kappa shape index (κ2) is 6.25. The minimum Gasteiger partial charge on any atom is -0.480 e. The van der Waals surface area contributed by atoms with Crippen LogP contribution < -0.4 is 5.73 Å². The molecule has 0 saturated carbocycles. The lowest BCUT2D eigenvalue weighted by Gasteiger charge is -2.10. The fourth-order valence-corrected chi connectivity index (χ4v) is 2.98. The van der Waals surface area contributed by atoms with E-state index in [1.165, 1.54) is 6.33 Å². The van der Waals surface area contributed by atoms with Crippen LogP contribution in [-0.2, 0) is 11.3 Å². The second-order valence-corrected chi connectivity index (χ2v) is 6.30. The number of nitrogen functional groups attached to an aromatic ring is 1. The molecule has 2 heterocycles. The molecular weight excluding hydrogens is 314 g/mol. The molecule has 3 rings (SSSR count). The third kappa shape index (κ3) is 3.11. The zero-order chi connectivity index (χ0) is 16.4. The molecule has 0 fully saturated rings. The van der Waals surface area contributed by atoms with Crippen LogP contribution in [0.15, 0.2) is 41.8 Å². The lowest BCUT2D eigenvalue weighted by atomic mass is 10.2. The van der Waals surface area contributed by atoms with Crippen LogP contribution in [0.1, 0.15) is 12.5 Å². The Labute approximate surface area is 136 Å². The number of carboxylic acid groups (broad SMARTS) is 1. The highest BCUT2D eigenvalue weighted by molar-refractivity contribution is 8.00. The lowest BCUT2D eigenvalue weighted by Crippen LogP contribution is -2.13. The van der Waals surface area contributed by atoms with Crippen molar-refractivity contribution >= 4 is 34.7 Å². The molecule has 3 aromatic rings. The number of hydrogen-bond acceptors (Lipinski definition) is 6. The van der Waals surface area contributed by atoms with Crippen molar-refractivity contribution in [3.63, 3.8) is 0 Å². The van der Waals surface area contributed by atoms with Gasteiger partial charge in [-0.25, -0.2) is 15.0 Å². The number of thioether (sulfide) groups is 1. The standard InChI is InChI=1S/C15H15N5O2S/c1-9(14(21)22)23-15-19-11-12(16)17-8-18-13(11)20(15)7-10-5-3-2-4-6-10/h2-6,8-9H,7H2,1H3,(H,21,22)(H2,16,17,18)/t9-/m0/s1. The highest BCUT2D eigenvalue weighted by Gasteiger charge is 2.20. The van der Waals surface area contributed by atoms with Crippen LogP contribution in [0.3, 0.4) is 0 Å². The summed E-state index contributed by atoms with van der Waals surface area (Å²) in [6, 6.07) is 9.82. The van der Waals surface area contributed by atoms with Gasteiger partial charge in [0.15, 0.2) is 22.1 Å². The summed E-state index contributed by atoms with van der Waals surface area (Å²) in [6.45, 7) is 2.15. The zero-order valence-corrected chi connectivity index (χ0v) is 13.2.